The minimum atomic E-state index is -3.38. The largest absolute Gasteiger partial charge is 0.340 e. The van der Waals surface area contributed by atoms with Gasteiger partial charge in [0, 0.05) is 17.3 Å². The zero-order valence-corrected chi connectivity index (χ0v) is 15.6. The average molecular weight is 366 g/mol. The maximum atomic E-state index is 13.2. The molecule has 134 valence electrons. The number of quaternary nitrogens is 1. The summed E-state index contributed by atoms with van der Waals surface area (Å²) in [4.78, 5) is 10.9. The molecule has 0 fully saturated rings. The molecule has 0 bridgehead atoms. The molecule has 0 aliphatic heterocycles. The van der Waals surface area contributed by atoms with Crippen LogP contribution in [0, 0.1) is 0 Å². The minimum absolute atomic E-state index is 0.280. The molecular weight excluding hydrogens is 341 g/mol. The summed E-state index contributed by atoms with van der Waals surface area (Å²) in [6.45, 7) is 0.677. The van der Waals surface area contributed by atoms with Crippen LogP contribution in [0.3, 0.4) is 0 Å². The predicted molar refractivity (Wildman–Crippen MR) is 106 cm³/mol. The number of rotatable bonds is 8. The minimum Gasteiger partial charge on any atom is -0.340 e. The van der Waals surface area contributed by atoms with Crippen LogP contribution in [-0.2, 0) is 17.5 Å². The van der Waals surface area contributed by atoms with Crippen molar-refractivity contribution in [3.05, 3.63) is 108 Å². The molecule has 0 aliphatic carbocycles. The summed E-state index contributed by atoms with van der Waals surface area (Å²) in [5.74, 6) is -0.451. The van der Waals surface area contributed by atoms with E-state index in [4.69, 9.17) is 0 Å². The maximum absolute atomic E-state index is 13.2. The van der Waals surface area contributed by atoms with Gasteiger partial charge in [0.05, 0.1) is 0 Å². The van der Waals surface area contributed by atoms with Crippen molar-refractivity contribution in [2.45, 2.75) is 18.7 Å². The van der Waals surface area contributed by atoms with Crippen molar-refractivity contribution in [2.24, 2.45) is 0 Å². The van der Waals surface area contributed by atoms with Gasteiger partial charge >= 0.3 is 0 Å². The molecule has 3 aromatic rings. The molecule has 3 aromatic carbocycles. The molecule has 0 amide bonds. The lowest BCUT2D eigenvalue weighted by Gasteiger charge is -2.22. The zero-order chi connectivity index (χ0) is 18.2. The summed E-state index contributed by atoms with van der Waals surface area (Å²) < 4.78 is 13.2. The van der Waals surface area contributed by atoms with Crippen LogP contribution in [0.4, 0.5) is 0 Å². The highest BCUT2D eigenvalue weighted by Crippen LogP contribution is 2.52. The van der Waals surface area contributed by atoms with E-state index >= 15 is 0 Å². The van der Waals surface area contributed by atoms with Crippen LogP contribution >= 0.6 is 7.37 Å². The fourth-order valence-electron chi connectivity index (χ4n) is 3.12. The normalized spacial score (nSPS) is 14.5. The molecule has 0 spiro atoms. The van der Waals surface area contributed by atoms with Gasteiger partial charge in [-0.25, -0.2) is 0 Å². The molecule has 3 rings (SSSR count). The van der Waals surface area contributed by atoms with Gasteiger partial charge < -0.3 is 10.2 Å². The van der Waals surface area contributed by atoms with Gasteiger partial charge in [-0.1, -0.05) is 91.0 Å². The van der Waals surface area contributed by atoms with Gasteiger partial charge in [0.25, 0.3) is 7.37 Å². The van der Waals surface area contributed by atoms with Crippen molar-refractivity contribution in [1.29, 1.82) is 0 Å². The number of hydrogen-bond donors (Lipinski definition) is 2. The maximum Gasteiger partial charge on any atom is 0.261 e. The molecular formula is C22H25NO2P+. The van der Waals surface area contributed by atoms with Gasteiger partial charge in [-0.3, -0.25) is 4.57 Å². The average Bonchev–Trinajstić information content (AvgIpc) is 2.69. The number of hydrogen-bond acceptors (Lipinski definition) is 1. The fourth-order valence-corrected chi connectivity index (χ4v) is 5.05. The second kappa shape index (κ2) is 8.95. The first-order valence-corrected chi connectivity index (χ1v) is 10.8. The monoisotopic (exact) mass is 366 g/mol. The molecule has 26 heavy (non-hydrogen) atoms. The molecule has 0 saturated carbocycles. The molecule has 0 aromatic heterocycles. The Hall–Kier alpha value is -2.19. The third-order valence-corrected chi connectivity index (χ3v) is 6.80. The van der Waals surface area contributed by atoms with E-state index in [-0.39, 0.29) is 6.16 Å². The third-order valence-electron chi connectivity index (χ3n) is 4.56. The van der Waals surface area contributed by atoms with Gasteiger partial charge in [0.2, 0.25) is 0 Å². The SMILES string of the molecule is O=P(O)(CCc1ccccc1)[C@@H]([NH2+]Cc1ccccc1)c1ccccc1. The Morgan fingerprint density at radius 3 is 1.85 bits per heavy atom. The van der Waals surface area contributed by atoms with Crippen molar-refractivity contribution >= 4 is 7.37 Å². The molecule has 1 unspecified atom stereocenters. The third kappa shape index (κ3) is 5.15. The second-order valence-electron chi connectivity index (χ2n) is 6.50. The van der Waals surface area contributed by atoms with E-state index in [1.807, 2.05) is 96.3 Å². The summed E-state index contributed by atoms with van der Waals surface area (Å²) in [5.41, 5.74) is 3.15. The van der Waals surface area contributed by atoms with Crippen molar-refractivity contribution in [3.8, 4) is 0 Å². The Balaban J connectivity index is 1.76. The highest BCUT2D eigenvalue weighted by atomic mass is 31.2. The van der Waals surface area contributed by atoms with E-state index in [1.54, 1.807) is 0 Å². The fraction of sp³-hybridized carbons (Fsp3) is 0.182. The smallest absolute Gasteiger partial charge is 0.261 e. The van der Waals surface area contributed by atoms with Crippen molar-refractivity contribution in [1.82, 2.24) is 0 Å². The van der Waals surface area contributed by atoms with Crippen LogP contribution in [0.2, 0.25) is 0 Å². The van der Waals surface area contributed by atoms with Gasteiger partial charge in [0.15, 0.2) is 5.78 Å². The van der Waals surface area contributed by atoms with Crippen molar-refractivity contribution in [3.63, 3.8) is 0 Å². The highest BCUT2D eigenvalue weighted by molar-refractivity contribution is 7.58. The van der Waals surface area contributed by atoms with Crippen LogP contribution < -0.4 is 5.32 Å². The Bertz CT molecular complexity index is 838. The Labute approximate surface area is 155 Å². The van der Waals surface area contributed by atoms with Crippen molar-refractivity contribution < 1.29 is 14.8 Å². The lowest BCUT2D eigenvalue weighted by molar-refractivity contribution is -0.692. The van der Waals surface area contributed by atoms with Crippen LogP contribution in [0.1, 0.15) is 22.5 Å². The summed E-state index contributed by atoms with van der Waals surface area (Å²) >= 11 is 0. The van der Waals surface area contributed by atoms with E-state index in [0.29, 0.717) is 13.0 Å². The first-order chi connectivity index (χ1) is 12.6. The first-order valence-electron chi connectivity index (χ1n) is 8.93. The van der Waals surface area contributed by atoms with Crippen LogP contribution in [0.5, 0.6) is 0 Å². The molecule has 0 radical (unpaired) electrons. The Morgan fingerprint density at radius 1 is 0.769 bits per heavy atom. The molecule has 3 nitrogen and oxygen atoms in total. The van der Waals surface area contributed by atoms with Crippen molar-refractivity contribution in [2.75, 3.05) is 6.16 Å². The molecule has 2 atom stereocenters. The lowest BCUT2D eigenvalue weighted by atomic mass is 10.2. The lowest BCUT2D eigenvalue weighted by Crippen LogP contribution is -2.83. The summed E-state index contributed by atoms with van der Waals surface area (Å²) in [7, 11) is -3.38. The zero-order valence-electron chi connectivity index (χ0n) is 14.7. The van der Waals surface area contributed by atoms with Crippen LogP contribution in [0.15, 0.2) is 91.0 Å². The van der Waals surface area contributed by atoms with E-state index in [9.17, 15) is 9.46 Å². The topological polar surface area (TPSA) is 53.9 Å². The highest BCUT2D eigenvalue weighted by Gasteiger charge is 2.35. The van der Waals surface area contributed by atoms with Crippen LogP contribution in [-0.4, -0.2) is 11.1 Å². The predicted octanol–water partition coefficient (Wildman–Crippen LogP) is 3.96. The molecule has 0 aliphatic rings. The van der Waals surface area contributed by atoms with E-state index in [1.165, 1.54) is 0 Å². The van der Waals surface area contributed by atoms with E-state index < -0.39 is 13.2 Å². The molecule has 3 N–H and O–H groups in total. The molecule has 4 heteroatoms. The van der Waals surface area contributed by atoms with E-state index in [2.05, 4.69) is 0 Å². The molecule has 0 saturated heterocycles. The van der Waals surface area contributed by atoms with Gasteiger partial charge in [-0.15, -0.1) is 0 Å². The summed E-state index contributed by atoms with van der Waals surface area (Å²) in [5, 5.41) is 2.00. The summed E-state index contributed by atoms with van der Waals surface area (Å²) in [6, 6.07) is 29.6. The number of nitrogens with two attached hydrogens (primary N) is 1. The second-order valence-corrected chi connectivity index (χ2v) is 9.01. The molecule has 0 heterocycles. The Kier molecular flexibility index (Phi) is 6.40. The standard InChI is InChI=1S/C22H24NO2P/c24-26(25,17-16-19-10-4-1-5-11-19)22(21-14-8-3-9-15-21)23-18-20-12-6-2-7-13-20/h1-15,22-23H,16-18H2,(H,24,25)/p+1/t22-/m1/s1. The van der Waals surface area contributed by atoms with Gasteiger partial charge in [0.1, 0.15) is 6.54 Å². The van der Waals surface area contributed by atoms with Crippen LogP contribution in [0.25, 0.3) is 0 Å². The van der Waals surface area contributed by atoms with E-state index in [0.717, 1.165) is 16.7 Å². The number of aryl methyl sites for hydroxylation is 1. The Morgan fingerprint density at radius 2 is 1.27 bits per heavy atom. The van der Waals surface area contributed by atoms with Gasteiger partial charge in [-0.2, -0.15) is 0 Å². The first kappa shape index (κ1) is 18.6. The summed E-state index contributed by atoms with van der Waals surface area (Å²) in [6.07, 6.45) is 0.888. The quantitative estimate of drug-likeness (QED) is 0.593. The number of benzene rings is 3. The van der Waals surface area contributed by atoms with Gasteiger partial charge in [-0.05, 0) is 12.0 Å².